The van der Waals surface area contributed by atoms with Crippen LogP contribution in [0.2, 0.25) is 0 Å². The van der Waals surface area contributed by atoms with Crippen LogP contribution in [0.5, 0.6) is 11.5 Å². The number of esters is 1. The highest BCUT2D eigenvalue weighted by Gasteiger charge is 2.26. The number of carbonyl (C=O) groups is 1. The van der Waals surface area contributed by atoms with Crippen LogP contribution in [0, 0.1) is 5.92 Å². The first kappa shape index (κ1) is 15.1. The van der Waals surface area contributed by atoms with Crippen LogP contribution in [0.3, 0.4) is 0 Å². The van der Waals surface area contributed by atoms with Gasteiger partial charge in [-0.05, 0) is 46.1 Å². The zero-order valence-electron chi connectivity index (χ0n) is 11.7. The molecule has 0 radical (unpaired) electrons. The van der Waals surface area contributed by atoms with Crippen molar-refractivity contribution in [2.24, 2.45) is 5.92 Å². The third-order valence-corrected chi connectivity index (χ3v) is 3.54. The summed E-state index contributed by atoms with van der Waals surface area (Å²) in [5.74, 6) is 1.41. The molecule has 1 aliphatic rings. The van der Waals surface area contributed by atoms with Crippen molar-refractivity contribution < 1.29 is 19.0 Å². The van der Waals surface area contributed by atoms with Crippen molar-refractivity contribution in [3.8, 4) is 11.5 Å². The zero-order valence-corrected chi connectivity index (χ0v) is 13.3. The molecule has 0 aliphatic carbocycles. The highest BCUT2D eigenvalue weighted by Crippen LogP contribution is 2.41. The lowest BCUT2D eigenvalue weighted by Gasteiger charge is -2.19. The molecule has 1 heterocycles. The molecule has 6 heteroatoms. The summed E-state index contributed by atoms with van der Waals surface area (Å²) in [7, 11) is 1.38. The Labute approximate surface area is 126 Å². The van der Waals surface area contributed by atoms with Gasteiger partial charge in [0.05, 0.1) is 11.6 Å². The van der Waals surface area contributed by atoms with Gasteiger partial charge in [0.2, 0.25) is 6.79 Å². The minimum atomic E-state index is -0.520. The Hall–Kier alpha value is -1.27. The number of halogens is 1. The van der Waals surface area contributed by atoms with E-state index < -0.39 is 6.04 Å². The molecule has 0 amide bonds. The summed E-state index contributed by atoms with van der Waals surface area (Å²) in [6.45, 7) is 5.07. The second kappa shape index (κ2) is 6.45. The predicted octanol–water partition coefficient (Wildman–Crippen LogP) is 2.64. The summed E-state index contributed by atoms with van der Waals surface area (Å²) >= 11 is 3.43. The van der Waals surface area contributed by atoms with E-state index in [4.69, 9.17) is 14.2 Å². The van der Waals surface area contributed by atoms with E-state index in [2.05, 4.69) is 35.1 Å². The largest absolute Gasteiger partial charge is 0.468 e. The summed E-state index contributed by atoms with van der Waals surface area (Å²) in [4.78, 5) is 12.0. The minimum Gasteiger partial charge on any atom is -0.468 e. The van der Waals surface area contributed by atoms with E-state index in [1.807, 2.05) is 12.1 Å². The Balaban J connectivity index is 2.28. The van der Waals surface area contributed by atoms with Gasteiger partial charge in [-0.25, -0.2) is 4.79 Å². The molecular weight excluding hydrogens is 326 g/mol. The van der Waals surface area contributed by atoms with Gasteiger partial charge in [0, 0.05) is 0 Å². The predicted molar refractivity (Wildman–Crippen MR) is 77.9 cm³/mol. The van der Waals surface area contributed by atoms with Gasteiger partial charge in [0.25, 0.3) is 0 Å². The van der Waals surface area contributed by atoms with E-state index in [1.54, 1.807) is 0 Å². The molecule has 0 spiro atoms. The summed E-state index contributed by atoms with van der Waals surface area (Å²) < 4.78 is 16.4. The minimum absolute atomic E-state index is 0.194. The van der Waals surface area contributed by atoms with Crippen LogP contribution in [0.15, 0.2) is 16.6 Å². The maximum Gasteiger partial charge on any atom is 0.327 e. The first-order valence-electron chi connectivity index (χ1n) is 6.43. The van der Waals surface area contributed by atoms with Crippen LogP contribution in [0.25, 0.3) is 0 Å². The molecule has 20 heavy (non-hydrogen) atoms. The lowest BCUT2D eigenvalue weighted by atomic mass is 10.1. The average molecular weight is 344 g/mol. The molecule has 1 aromatic rings. The summed E-state index contributed by atoms with van der Waals surface area (Å²) in [6, 6.07) is 3.14. The monoisotopic (exact) mass is 343 g/mol. The van der Waals surface area contributed by atoms with Gasteiger partial charge in [-0.2, -0.15) is 0 Å². The van der Waals surface area contributed by atoms with Gasteiger partial charge in [-0.1, -0.05) is 13.8 Å². The van der Waals surface area contributed by atoms with Gasteiger partial charge in [0.15, 0.2) is 11.5 Å². The Kier molecular flexibility index (Phi) is 4.88. The van der Waals surface area contributed by atoms with E-state index >= 15 is 0 Å². The fourth-order valence-electron chi connectivity index (χ4n) is 1.96. The van der Waals surface area contributed by atoms with Gasteiger partial charge in [0.1, 0.15) is 6.04 Å². The van der Waals surface area contributed by atoms with E-state index in [1.165, 1.54) is 7.11 Å². The number of rotatable bonds is 5. The fourth-order valence-corrected chi connectivity index (χ4v) is 2.54. The van der Waals surface area contributed by atoms with E-state index in [0.29, 0.717) is 24.0 Å². The number of methoxy groups -OCH3 is 1. The molecule has 1 aromatic carbocycles. The van der Waals surface area contributed by atoms with E-state index in [-0.39, 0.29) is 12.8 Å². The molecule has 2 rings (SSSR count). The Morgan fingerprint density at radius 1 is 1.45 bits per heavy atom. The van der Waals surface area contributed by atoms with Crippen LogP contribution in [-0.2, 0) is 9.53 Å². The molecule has 1 atom stereocenters. The molecule has 0 saturated heterocycles. The highest BCUT2D eigenvalue weighted by molar-refractivity contribution is 9.10. The van der Waals surface area contributed by atoms with Crippen molar-refractivity contribution in [2.45, 2.75) is 19.9 Å². The zero-order chi connectivity index (χ0) is 14.7. The van der Waals surface area contributed by atoms with Gasteiger partial charge in [-0.3, -0.25) is 0 Å². The van der Waals surface area contributed by atoms with Crippen molar-refractivity contribution in [1.82, 2.24) is 5.32 Å². The first-order valence-corrected chi connectivity index (χ1v) is 7.22. The summed E-state index contributed by atoms with van der Waals surface area (Å²) in [5.41, 5.74) is 0.786. The van der Waals surface area contributed by atoms with Crippen LogP contribution < -0.4 is 14.8 Å². The first-order chi connectivity index (χ1) is 9.52. The van der Waals surface area contributed by atoms with E-state index in [0.717, 1.165) is 10.0 Å². The van der Waals surface area contributed by atoms with Crippen LogP contribution in [-0.4, -0.2) is 26.4 Å². The number of hydrogen-bond donors (Lipinski definition) is 1. The Morgan fingerprint density at radius 3 is 2.85 bits per heavy atom. The fraction of sp³-hybridized carbons (Fsp3) is 0.500. The third kappa shape index (κ3) is 3.24. The third-order valence-electron chi connectivity index (χ3n) is 2.95. The number of fused-ring (bicyclic) bond motifs is 1. The van der Waals surface area contributed by atoms with Crippen molar-refractivity contribution in [1.29, 1.82) is 0 Å². The quantitative estimate of drug-likeness (QED) is 0.833. The standard InChI is InChI=1S/C14H18BrNO4/c1-8(2)6-16-12(14(17)18-3)9-4-10(15)13-11(5-9)19-7-20-13/h4-5,8,12,16H,6-7H2,1-3H3. The molecule has 0 saturated carbocycles. The van der Waals surface area contributed by atoms with Crippen molar-refractivity contribution in [3.05, 3.63) is 22.2 Å². The van der Waals surface area contributed by atoms with Crippen LogP contribution in [0.4, 0.5) is 0 Å². The second-order valence-electron chi connectivity index (χ2n) is 4.99. The average Bonchev–Trinajstić information content (AvgIpc) is 2.87. The molecule has 1 N–H and O–H groups in total. The van der Waals surface area contributed by atoms with Crippen LogP contribution >= 0.6 is 15.9 Å². The highest BCUT2D eigenvalue weighted by atomic mass is 79.9. The van der Waals surface area contributed by atoms with Crippen LogP contribution in [0.1, 0.15) is 25.5 Å². The van der Waals surface area contributed by atoms with Crippen molar-refractivity contribution in [2.75, 3.05) is 20.4 Å². The lowest BCUT2D eigenvalue weighted by molar-refractivity contribution is -0.143. The molecular formula is C14H18BrNO4. The van der Waals surface area contributed by atoms with Gasteiger partial charge >= 0.3 is 5.97 Å². The molecule has 0 aromatic heterocycles. The number of hydrogen-bond acceptors (Lipinski definition) is 5. The molecule has 1 unspecified atom stereocenters. The molecule has 0 fully saturated rings. The number of ether oxygens (including phenoxy) is 3. The van der Waals surface area contributed by atoms with Crippen molar-refractivity contribution >= 4 is 21.9 Å². The van der Waals surface area contributed by atoms with E-state index in [9.17, 15) is 4.79 Å². The Morgan fingerprint density at radius 2 is 2.20 bits per heavy atom. The van der Waals surface area contributed by atoms with Gasteiger partial charge < -0.3 is 19.5 Å². The maximum atomic E-state index is 12.0. The number of benzene rings is 1. The number of carbonyl (C=O) groups excluding carboxylic acids is 1. The normalized spacial score (nSPS) is 14.4. The maximum absolute atomic E-state index is 12.0. The molecule has 0 bridgehead atoms. The van der Waals surface area contributed by atoms with Gasteiger partial charge in [-0.15, -0.1) is 0 Å². The van der Waals surface area contributed by atoms with Crippen molar-refractivity contribution in [3.63, 3.8) is 0 Å². The topological polar surface area (TPSA) is 56.8 Å². The molecule has 5 nitrogen and oxygen atoms in total. The Bertz CT molecular complexity index is 504. The summed E-state index contributed by atoms with van der Waals surface area (Å²) in [5, 5.41) is 3.21. The molecule has 110 valence electrons. The SMILES string of the molecule is COC(=O)C(NCC(C)C)c1cc(Br)c2c(c1)OCO2. The molecule has 1 aliphatic heterocycles. The smallest absolute Gasteiger partial charge is 0.327 e. The summed E-state index contributed by atoms with van der Waals surface area (Å²) in [6.07, 6.45) is 0. The number of nitrogens with one attached hydrogen (secondary N) is 1. The lowest BCUT2D eigenvalue weighted by Crippen LogP contribution is -2.32. The second-order valence-corrected chi connectivity index (χ2v) is 5.85.